The lowest BCUT2D eigenvalue weighted by atomic mass is 10.1. The third-order valence-corrected chi connectivity index (χ3v) is 3.83. The number of aromatic nitrogens is 1. The molecule has 1 radical (unpaired) electrons. The minimum atomic E-state index is 0.337. The summed E-state index contributed by atoms with van der Waals surface area (Å²) in [6.45, 7) is 2.81. The number of rotatable bonds is 3. The van der Waals surface area contributed by atoms with Gasteiger partial charge in [-0.2, -0.15) is 0 Å². The SMILES string of the molecule is Clc1ccc(N2CC[N]C(Cc3cccnc3)C2)cc1. The summed E-state index contributed by atoms with van der Waals surface area (Å²) in [6, 6.07) is 12.5. The van der Waals surface area contributed by atoms with Crippen LogP contribution in [0.4, 0.5) is 5.69 Å². The van der Waals surface area contributed by atoms with Crippen LogP contribution < -0.4 is 10.2 Å². The Morgan fingerprint density at radius 3 is 2.80 bits per heavy atom. The molecule has 0 N–H and O–H groups in total. The average Bonchev–Trinajstić information content (AvgIpc) is 2.49. The molecule has 0 aliphatic carbocycles. The summed E-state index contributed by atoms with van der Waals surface area (Å²) in [5.74, 6) is 0. The van der Waals surface area contributed by atoms with Crippen molar-refractivity contribution in [3.05, 3.63) is 59.4 Å². The molecule has 2 aromatic rings. The topological polar surface area (TPSA) is 30.2 Å². The highest BCUT2D eigenvalue weighted by Gasteiger charge is 2.20. The van der Waals surface area contributed by atoms with Crippen molar-refractivity contribution >= 4 is 17.3 Å². The first kappa shape index (κ1) is 13.4. The number of piperazine rings is 1. The van der Waals surface area contributed by atoms with Crippen LogP contribution in [0.3, 0.4) is 0 Å². The zero-order valence-electron chi connectivity index (χ0n) is 11.2. The van der Waals surface area contributed by atoms with E-state index in [9.17, 15) is 0 Å². The summed E-state index contributed by atoms with van der Waals surface area (Å²) >= 11 is 5.94. The van der Waals surface area contributed by atoms with Gasteiger partial charge in [0.05, 0.1) is 0 Å². The van der Waals surface area contributed by atoms with Crippen LogP contribution in [0.2, 0.25) is 5.02 Å². The number of halogens is 1. The Hall–Kier alpha value is -1.58. The molecule has 1 fully saturated rings. The summed E-state index contributed by atoms with van der Waals surface area (Å²) in [5.41, 5.74) is 2.47. The fraction of sp³-hybridized carbons (Fsp3) is 0.312. The number of hydrogen-bond acceptors (Lipinski definition) is 2. The van der Waals surface area contributed by atoms with E-state index in [1.54, 1.807) is 0 Å². The lowest BCUT2D eigenvalue weighted by Gasteiger charge is -2.34. The lowest BCUT2D eigenvalue weighted by Crippen LogP contribution is -2.48. The largest absolute Gasteiger partial charge is 0.369 e. The molecule has 1 atom stereocenters. The van der Waals surface area contributed by atoms with Gasteiger partial charge in [-0.1, -0.05) is 17.7 Å². The molecule has 20 heavy (non-hydrogen) atoms. The smallest absolute Gasteiger partial charge is 0.0463 e. The molecule has 0 bridgehead atoms. The van der Waals surface area contributed by atoms with Crippen LogP contribution in [-0.4, -0.2) is 30.7 Å². The number of hydrogen-bond donors (Lipinski definition) is 0. The van der Waals surface area contributed by atoms with Crippen molar-refractivity contribution in [2.45, 2.75) is 12.5 Å². The maximum absolute atomic E-state index is 5.94. The number of nitrogens with zero attached hydrogens (tertiary/aromatic N) is 3. The Balaban J connectivity index is 1.66. The van der Waals surface area contributed by atoms with Crippen LogP contribution in [-0.2, 0) is 6.42 Å². The molecule has 1 aromatic heterocycles. The molecule has 3 rings (SSSR count). The first-order valence-electron chi connectivity index (χ1n) is 6.87. The standard InChI is InChI=1S/C16H17ClN3/c17-14-3-5-16(6-4-14)20-9-8-19-15(12-20)10-13-2-1-7-18-11-13/h1-7,11,15H,8-10,12H2. The van der Waals surface area contributed by atoms with Gasteiger partial charge in [0.1, 0.15) is 0 Å². The first-order valence-corrected chi connectivity index (χ1v) is 7.25. The van der Waals surface area contributed by atoms with Crippen LogP contribution in [0.25, 0.3) is 0 Å². The van der Waals surface area contributed by atoms with Crippen molar-refractivity contribution in [3.8, 4) is 0 Å². The van der Waals surface area contributed by atoms with Gasteiger partial charge in [-0.15, -0.1) is 0 Å². The van der Waals surface area contributed by atoms with E-state index < -0.39 is 0 Å². The van der Waals surface area contributed by atoms with Gasteiger partial charge in [-0.25, -0.2) is 5.32 Å². The maximum Gasteiger partial charge on any atom is 0.0463 e. The predicted octanol–water partition coefficient (Wildman–Crippen LogP) is 2.77. The number of anilines is 1. The maximum atomic E-state index is 5.94. The molecule has 3 nitrogen and oxygen atoms in total. The van der Waals surface area contributed by atoms with Crippen molar-refractivity contribution < 1.29 is 0 Å². The van der Waals surface area contributed by atoms with Crippen LogP contribution in [0.5, 0.6) is 0 Å². The highest BCUT2D eigenvalue weighted by Crippen LogP contribution is 2.20. The molecule has 1 saturated heterocycles. The van der Waals surface area contributed by atoms with E-state index >= 15 is 0 Å². The van der Waals surface area contributed by atoms with Crippen LogP contribution >= 0.6 is 11.6 Å². The lowest BCUT2D eigenvalue weighted by molar-refractivity contribution is 0.445. The number of pyridine rings is 1. The van der Waals surface area contributed by atoms with Crippen molar-refractivity contribution in [1.29, 1.82) is 0 Å². The molecule has 103 valence electrons. The van der Waals surface area contributed by atoms with E-state index in [1.807, 2.05) is 30.6 Å². The fourth-order valence-corrected chi connectivity index (χ4v) is 2.70. The molecule has 4 heteroatoms. The summed E-state index contributed by atoms with van der Waals surface area (Å²) in [7, 11) is 0. The molecular weight excluding hydrogens is 270 g/mol. The van der Waals surface area contributed by atoms with Gasteiger partial charge in [-0.3, -0.25) is 4.98 Å². The van der Waals surface area contributed by atoms with Gasteiger partial charge in [-0.05, 0) is 42.3 Å². The van der Waals surface area contributed by atoms with Crippen LogP contribution in [0, 0.1) is 0 Å². The molecule has 1 aliphatic heterocycles. The summed E-state index contributed by atoms with van der Waals surface area (Å²) in [4.78, 5) is 6.55. The Kier molecular flexibility index (Phi) is 4.19. The van der Waals surface area contributed by atoms with Crippen LogP contribution in [0.1, 0.15) is 5.56 Å². The van der Waals surface area contributed by atoms with Gasteiger partial charge in [0, 0.05) is 48.8 Å². The van der Waals surface area contributed by atoms with Crippen molar-refractivity contribution in [2.75, 3.05) is 24.5 Å². The van der Waals surface area contributed by atoms with E-state index in [2.05, 4.69) is 28.1 Å². The normalized spacial score (nSPS) is 19.1. The highest BCUT2D eigenvalue weighted by molar-refractivity contribution is 6.30. The Bertz CT molecular complexity index is 541. The second-order valence-corrected chi connectivity index (χ2v) is 5.48. The Labute approximate surface area is 124 Å². The second-order valence-electron chi connectivity index (χ2n) is 5.05. The van der Waals surface area contributed by atoms with Crippen molar-refractivity contribution in [3.63, 3.8) is 0 Å². The van der Waals surface area contributed by atoms with Gasteiger partial charge >= 0.3 is 0 Å². The van der Waals surface area contributed by atoms with E-state index in [1.165, 1.54) is 11.3 Å². The predicted molar refractivity (Wildman–Crippen MR) is 82.4 cm³/mol. The monoisotopic (exact) mass is 286 g/mol. The highest BCUT2D eigenvalue weighted by atomic mass is 35.5. The van der Waals surface area contributed by atoms with Gasteiger partial charge in [0.15, 0.2) is 0 Å². The molecule has 0 saturated carbocycles. The fourth-order valence-electron chi connectivity index (χ4n) is 2.57. The molecule has 1 aromatic carbocycles. The van der Waals surface area contributed by atoms with E-state index in [0.29, 0.717) is 6.04 Å². The summed E-state index contributed by atoms with van der Waals surface area (Å²) in [5, 5.41) is 5.50. The molecule has 2 heterocycles. The quantitative estimate of drug-likeness (QED) is 0.868. The summed E-state index contributed by atoms with van der Waals surface area (Å²) in [6.07, 6.45) is 4.69. The zero-order valence-corrected chi connectivity index (χ0v) is 12.0. The molecule has 0 amide bonds. The number of benzene rings is 1. The minimum Gasteiger partial charge on any atom is -0.369 e. The summed E-state index contributed by atoms with van der Waals surface area (Å²) < 4.78 is 0. The molecular formula is C16H17ClN3. The van der Waals surface area contributed by atoms with E-state index in [0.717, 1.165) is 31.1 Å². The van der Waals surface area contributed by atoms with Gasteiger partial charge in [0.2, 0.25) is 0 Å². The van der Waals surface area contributed by atoms with Gasteiger partial charge < -0.3 is 4.90 Å². The van der Waals surface area contributed by atoms with Crippen LogP contribution in [0.15, 0.2) is 48.8 Å². The zero-order chi connectivity index (χ0) is 13.8. The first-order chi connectivity index (χ1) is 9.81. The Morgan fingerprint density at radius 2 is 2.05 bits per heavy atom. The molecule has 0 spiro atoms. The second kappa shape index (κ2) is 6.25. The van der Waals surface area contributed by atoms with Gasteiger partial charge in [0.25, 0.3) is 0 Å². The molecule has 1 unspecified atom stereocenters. The Morgan fingerprint density at radius 1 is 1.20 bits per heavy atom. The third-order valence-electron chi connectivity index (χ3n) is 3.57. The molecule has 1 aliphatic rings. The minimum absolute atomic E-state index is 0.337. The van der Waals surface area contributed by atoms with Crippen molar-refractivity contribution in [2.24, 2.45) is 0 Å². The van der Waals surface area contributed by atoms with Crippen molar-refractivity contribution in [1.82, 2.24) is 10.3 Å². The van der Waals surface area contributed by atoms with E-state index in [-0.39, 0.29) is 0 Å². The average molecular weight is 287 g/mol. The van der Waals surface area contributed by atoms with E-state index in [4.69, 9.17) is 16.9 Å². The third kappa shape index (κ3) is 3.30.